The molecule has 2 aromatic rings. The second kappa shape index (κ2) is 15.2. The lowest BCUT2D eigenvalue weighted by atomic mass is 9.94. The van der Waals surface area contributed by atoms with Gasteiger partial charge < -0.3 is 20.3 Å². The van der Waals surface area contributed by atoms with Gasteiger partial charge in [0.2, 0.25) is 0 Å². The molecule has 1 atom stereocenters. The van der Waals surface area contributed by atoms with Gasteiger partial charge in [-0.1, -0.05) is 44.2 Å². The van der Waals surface area contributed by atoms with Crippen LogP contribution in [0.15, 0.2) is 47.7 Å². The molecule has 1 aromatic heterocycles. The molecule has 2 rings (SSSR count). The molecule has 0 amide bonds. The fourth-order valence-electron chi connectivity index (χ4n) is 3.48. The lowest BCUT2D eigenvalue weighted by Gasteiger charge is -2.17. The quantitative estimate of drug-likeness (QED) is 0.224. The first-order chi connectivity index (χ1) is 14.1. The highest BCUT2D eigenvalue weighted by Gasteiger charge is 2.11. The van der Waals surface area contributed by atoms with Crippen molar-refractivity contribution in [2.75, 3.05) is 26.2 Å². The average molecular weight is 527 g/mol. The van der Waals surface area contributed by atoms with Crippen LogP contribution in [0.2, 0.25) is 0 Å². The molecular formula is C23H38IN5O. The maximum Gasteiger partial charge on any atom is 0.191 e. The van der Waals surface area contributed by atoms with Gasteiger partial charge in [-0.2, -0.15) is 0 Å². The number of aliphatic hydroxyl groups excluding tert-OH is 1. The molecule has 0 bridgehead atoms. The SMILES string of the molecule is CCNC(=NCC(CCO)CC(C)C)NCCc1nccn1Cc1ccccc1.I. The number of guanidine groups is 1. The Morgan fingerprint density at radius 1 is 1.20 bits per heavy atom. The molecule has 1 aromatic carbocycles. The zero-order valence-electron chi connectivity index (χ0n) is 18.6. The standard InChI is InChI=1S/C23H37N5O.HI/c1-4-24-23(27-17-21(11-15-29)16-19(2)3)26-12-10-22-25-13-14-28(22)18-20-8-6-5-7-9-20;/h5-9,13-14,19,21,29H,4,10-12,15-18H2,1-3H3,(H2,24,26,27);1H. The van der Waals surface area contributed by atoms with Gasteiger partial charge in [-0.15, -0.1) is 24.0 Å². The molecule has 0 spiro atoms. The van der Waals surface area contributed by atoms with Crippen molar-refractivity contribution in [3.05, 3.63) is 54.1 Å². The summed E-state index contributed by atoms with van der Waals surface area (Å²) in [4.78, 5) is 9.27. The van der Waals surface area contributed by atoms with E-state index in [9.17, 15) is 5.11 Å². The average Bonchev–Trinajstić information content (AvgIpc) is 3.13. The Bertz CT molecular complexity index is 717. The summed E-state index contributed by atoms with van der Waals surface area (Å²) in [6.45, 7) is 9.89. The van der Waals surface area contributed by atoms with Crippen LogP contribution in [0.1, 0.15) is 45.0 Å². The molecule has 30 heavy (non-hydrogen) atoms. The van der Waals surface area contributed by atoms with E-state index in [2.05, 4.69) is 65.2 Å². The third kappa shape index (κ3) is 9.93. The number of benzene rings is 1. The van der Waals surface area contributed by atoms with Crippen LogP contribution in [0, 0.1) is 11.8 Å². The lowest BCUT2D eigenvalue weighted by molar-refractivity contribution is 0.245. The van der Waals surface area contributed by atoms with Crippen molar-refractivity contribution in [2.45, 2.75) is 46.6 Å². The van der Waals surface area contributed by atoms with Crippen LogP contribution in [0.4, 0.5) is 0 Å². The van der Waals surface area contributed by atoms with E-state index in [1.165, 1.54) is 5.56 Å². The van der Waals surface area contributed by atoms with E-state index in [1.54, 1.807) is 0 Å². The van der Waals surface area contributed by atoms with Gasteiger partial charge in [0.25, 0.3) is 0 Å². The topological polar surface area (TPSA) is 74.5 Å². The van der Waals surface area contributed by atoms with Crippen molar-refractivity contribution in [1.29, 1.82) is 0 Å². The normalized spacial score (nSPS) is 12.5. The minimum absolute atomic E-state index is 0. The number of imidazole rings is 1. The molecule has 6 nitrogen and oxygen atoms in total. The van der Waals surface area contributed by atoms with Crippen molar-refractivity contribution in [2.24, 2.45) is 16.8 Å². The van der Waals surface area contributed by atoms with Crippen LogP contribution in [0.3, 0.4) is 0 Å². The summed E-state index contributed by atoms with van der Waals surface area (Å²) in [7, 11) is 0. The van der Waals surface area contributed by atoms with Crippen LogP contribution >= 0.6 is 24.0 Å². The van der Waals surface area contributed by atoms with Gasteiger partial charge in [0.1, 0.15) is 5.82 Å². The zero-order valence-corrected chi connectivity index (χ0v) is 20.9. The molecular weight excluding hydrogens is 489 g/mol. The number of aliphatic imine (C=N–C) groups is 1. The predicted octanol–water partition coefficient (Wildman–Crippen LogP) is 3.69. The molecule has 0 aliphatic heterocycles. The number of halogens is 1. The highest BCUT2D eigenvalue weighted by molar-refractivity contribution is 14.0. The first-order valence-electron chi connectivity index (χ1n) is 10.8. The summed E-state index contributed by atoms with van der Waals surface area (Å²) >= 11 is 0. The molecule has 0 saturated carbocycles. The van der Waals surface area contributed by atoms with E-state index < -0.39 is 0 Å². The maximum atomic E-state index is 9.31. The smallest absolute Gasteiger partial charge is 0.191 e. The fourth-order valence-corrected chi connectivity index (χ4v) is 3.48. The van der Waals surface area contributed by atoms with Crippen molar-refractivity contribution < 1.29 is 5.11 Å². The number of hydrogen-bond donors (Lipinski definition) is 3. The summed E-state index contributed by atoms with van der Waals surface area (Å²) < 4.78 is 2.20. The number of aliphatic hydroxyl groups is 1. The lowest BCUT2D eigenvalue weighted by Crippen LogP contribution is -2.39. The van der Waals surface area contributed by atoms with Crippen LogP contribution in [0.5, 0.6) is 0 Å². The predicted molar refractivity (Wildman–Crippen MR) is 136 cm³/mol. The van der Waals surface area contributed by atoms with Crippen molar-refractivity contribution in [1.82, 2.24) is 20.2 Å². The fraction of sp³-hybridized carbons (Fsp3) is 0.565. The highest BCUT2D eigenvalue weighted by Crippen LogP contribution is 2.15. The Morgan fingerprint density at radius 2 is 1.97 bits per heavy atom. The molecule has 168 valence electrons. The highest BCUT2D eigenvalue weighted by atomic mass is 127. The van der Waals surface area contributed by atoms with Crippen LogP contribution in [-0.2, 0) is 13.0 Å². The van der Waals surface area contributed by atoms with E-state index in [0.717, 1.165) is 57.2 Å². The maximum absolute atomic E-state index is 9.31. The molecule has 3 N–H and O–H groups in total. The van der Waals surface area contributed by atoms with E-state index in [-0.39, 0.29) is 30.6 Å². The third-order valence-electron chi connectivity index (χ3n) is 4.83. The summed E-state index contributed by atoms with van der Waals surface area (Å²) in [6, 6.07) is 10.4. The first-order valence-corrected chi connectivity index (χ1v) is 10.8. The molecule has 0 fully saturated rings. The minimum atomic E-state index is 0. The Balaban J connectivity index is 0.00000450. The van der Waals surface area contributed by atoms with Gasteiger partial charge in [0.05, 0.1) is 0 Å². The van der Waals surface area contributed by atoms with E-state index in [1.807, 2.05) is 18.5 Å². The van der Waals surface area contributed by atoms with Gasteiger partial charge in [-0.05, 0) is 37.2 Å². The summed E-state index contributed by atoms with van der Waals surface area (Å²) in [5.74, 6) is 2.93. The van der Waals surface area contributed by atoms with E-state index >= 15 is 0 Å². The molecule has 0 aliphatic rings. The molecule has 7 heteroatoms. The van der Waals surface area contributed by atoms with Gasteiger partial charge in [0, 0.05) is 51.6 Å². The summed E-state index contributed by atoms with van der Waals surface area (Å²) in [5.41, 5.74) is 1.27. The number of aromatic nitrogens is 2. The number of nitrogens with one attached hydrogen (secondary N) is 2. The summed E-state index contributed by atoms with van der Waals surface area (Å²) in [5, 5.41) is 16.0. The van der Waals surface area contributed by atoms with Gasteiger partial charge in [-0.25, -0.2) is 4.98 Å². The number of hydrogen-bond acceptors (Lipinski definition) is 3. The Labute approximate surface area is 198 Å². The van der Waals surface area contributed by atoms with Crippen molar-refractivity contribution in [3.63, 3.8) is 0 Å². The minimum Gasteiger partial charge on any atom is -0.396 e. The Hall–Kier alpha value is -1.61. The van der Waals surface area contributed by atoms with Gasteiger partial charge in [0.15, 0.2) is 5.96 Å². The van der Waals surface area contributed by atoms with Crippen molar-refractivity contribution in [3.8, 4) is 0 Å². The van der Waals surface area contributed by atoms with Crippen LogP contribution < -0.4 is 10.6 Å². The second-order valence-electron chi connectivity index (χ2n) is 7.86. The van der Waals surface area contributed by atoms with E-state index in [0.29, 0.717) is 11.8 Å². The van der Waals surface area contributed by atoms with Crippen LogP contribution in [0.25, 0.3) is 0 Å². The van der Waals surface area contributed by atoms with E-state index in [4.69, 9.17) is 4.99 Å². The number of rotatable bonds is 12. The summed E-state index contributed by atoms with van der Waals surface area (Å²) in [6.07, 6.45) is 6.62. The molecule has 1 heterocycles. The van der Waals surface area contributed by atoms with Crippen molar-refractivity contribution >= 4 is 29.9 Å². The van der Waals surface area contributed by atoms with Gasteiger partial charge in [-0.3, -0.25) is 4.99 Å². The Morgan fingerprint density at radius 3 is 2.63 bits per heavy atom. The second-order valence-corrected chi connectivity index (χ2v) is 7.86. The molecule has 0 radical (unpaired) electrons. The Kier molecular flexibility index (Phi) is 13.4. The van der Waals surface area contributed by atoms with Crippen LogP contribution in [-0.4, -0.2) is 46.9 Å². The monoisotopic (exact) mass is 527 g/mol. The number of nitrogens with zero attached hydrogens (tertiary/aromatic N) is 3. The van der Waals surface area contributed by atoms with Gasteiger partial charge >= 0.3 is 0 Å². The largest absolute Gasteiger partial charge is 0.396 e. The zero-order chi connectivity index (χ0) is 20.9. The molecule has 0 aliphatic carbocycles. The first kappa shape index (κ1) is 26.4. The molecule has 1 unspecified atom stereocenters. The molecule has 0 saturated heterocycles. The third-order valence-corrected chi connectivity index (χ3v) is 4.83.